The van der Waals surface area contributed by atoms with E-state index in [4.69, 9.17) is 0 Å². The summed E-state index contributed by atoms with van der Waals surface area (Å²) in [5, 5.41) is 11.7. The summed E-state index contributed by atoms with van der Waals surface area (Å²) in [4.78, 5) is 89.3. The number of benzene rings is 3. The summed E-state index contributed by atoms with van der Waals surface area (Å²) in [6.07, 6.45) is 2.52. The summed E-state index contributed by atoms with van der Waals surface area (Å²) in [7, 11) is 0. The first-order chi connectivity index (χ1) is 30.0. The maximum Gasteiger partial charge on any atom is 0.318 e. The Labute approximate surface area is 370 Å². The van der Waals surface area contributed by atoms with E-state index in [2.05, 4.69) is 38.3 Å². The Morgan fingerprint density at radius 3 is 1.35 bits per heavy atom. The van der Waals surface area contributed by atoms with Crippen LogP contribution in [0, 0.1) is 10.8 Å². The van der Waals surface area contributed by atoms with Crippen molar-refractivity contribution in [2.24, 2.45) is 10.8 Å². The number of carbonyl (C=O) groups is 6. The molecule has 63 heavy (non-hydrogen) atoms. The summed E-state index contributed by atoms with van der Waals surface area (Å²) in [5.41, 5.74) is 3.34. The van der Waals surface area contributed by atoms with Crippen LogP contribution in [-0.4, -0.2) is 119 Å². The van der Waals surface area contributed by atoms with Crippen LogP contribution in [0.1, 0.15) is 78.4 Å². The smallest absolute Gasteiger partial charge is 0.318 e. The molecule has 15 nitrogen and oxygen atoms in total. The highest BCUT2D eigenvalue weighted by Gasteiger charge is 2.48. The monoisotopic (exact) mass is 861 g/mol. The fourth-order valence-electron chi connectivity index (χ4n) is 9.48. The van der Waals surface area contributed by atoms with Gasteiger partial charge in [0.05, 0.1) is 0 Å². The zero-order chi connectivity index (χ0) is 45.1. The molecule has 3 aromatic carbocycles. The standard InChI is InChI=1S/C48H63N9O6/c1-47(2,3)39(56-28-24-49-45(56)62)43(60)54-26-10-14-37(54)41(58)51-34-20-16-32(17-21-34)30-53(36-12-8-7-9-13-36)31-33-18-22-35(23-19-33)52-42(59)38-15-11-27-55(38)44(61)40(48(4,5)6)57-29-25-50-46(57)63/h7-9,12-13,16-23,37-40H,10-11,14-15,24-31H2,1-6H3,(H,49,62)(H,50,63)(H,51,58)(H,52,59)/t37-,38-,39+,40+/m0/s1. The molecule has 0 bridgehead atoms. The molecule has 7 rings (SSSR count). The van der Waals surface area contributed by atoms with Gasteiger partial charge in [-0.25, -0.2) is 9.59 Å². The Hall–Kier alpha value is -6.12. The fourth-order valence-corrected chi connectivity index (χ4v) is 9.48. The molecule has 0 aliphatic carbocycles. The number of para-hydroxylation sites is 1. The normalized spacial score (nSPS) is 20.0. The van der Waals surface area contributed by atoms with Gasteiger partial charge in [-0.15, -0.1) is 0 Å². The number of hydrogen-bond acceptors (Lipinski definition) is 7. The molecular formula is C48H63N9O6. The molecule has 4 heterocycles. The minimum atomic E-state index is -0.675. The van der Waals surface area contributed by atoms with Crippen molar-refractivity contribution in [3.63, 3.8) is 0 Å². The Kier molecular flexibility index (Phi) is 13.3. The van der Waals surface area contributed by atoms with Crippen LogP contribution in [0.15, 0.2) is 78.9 Å². The Morgan fingerprint density at radius 1 is 0.603 bits per heavy atom. The van der Waals surface area contributed by atoms with Gasteiger partial charge in [0.25, 0.3) is 0 Å². The predicted octanol–water partition coefficient (Wildman–Crippen LogP) is 5.63. The zero-order valence-electron chi connectivity index (χ0n) is 37.5. The van der Waals surface area contributed by atoms with Gasteiger partial charge in [0.2, 0.25) is 23.6 Å². The van der Waals surface area contributed by atoms with Gasteiger partial charge in [-0.2, -0.15) is 0 Å². The van der Waals surface area contributed by atoms with Crippen molar-refractivity contribution >= 4 is 52.8 Å². The van der Waals surface area contributed by atoms with Crippen molar-refractivity contribution in [3.05, 3.63) is 90.0 Å². The lowest BCUT2D eigenvalue weighted by Crippen LogP contribution is -2.57. The topological polar surface area (TPSA) is 167 Å². The Balaban J connectivity index is 0.972. The third-order valence-corrected chi connectivity index (χ3v) is 12.5. The molecule has 4 aliphatic heterocycles. The lowest BCUT2D eigenvalue weighted by Gasteiger charge is -2.39. The Bertz CT molecular complexity index is 2020. The van der Waals surface area contributed by atoms with Gasteiger partial charge in [0, 0.05) is 69.4 Å². The molecule has 0 unspecified atom stereocenters. The molecule has 4 saturated heterocycles. The minimum absolute atomic E-state index is 0.197. The highest BCUT2D eigenvalue weighted by atomic mass is 16.2. The minimum Gasteiger partial charge on any atom is -0.363 e. The quantitative estimate of drug-likeness (QED) is 0.173. The van der Waals surface area contributed by atoms with Gasteiger partial charge in [-0.3, -0.25) is 19.2 Å². The van der Waals surface area contributed by atoms with Crippen LogP contribution in [0.4, 0.5) is 26.7 Å². The highest BCUT2D eigenvalue weighted by molar-refractivity contribution is 6.00. The third-order valence-electron chi connectivity index (χ3n) is 12.5. The van der Waals surface area contributed by atoms with Crippen molar-refractivity contribution in [1.29, 1.82) is 0 Å². The number of nitrogens with one attached hydrogen (secondary N) is 4. The van der Waals surface area contributed by atoms with E-state index in [0.29, 0.717) is 89.4 Å². The van der Waals surface area contributed by atoms with Crippen molar-refractivity contribution < 1.29 is 28.8 Å². The molecular weight excluding hydrogens is 799 g/mol. The first-order valence-corrected chi connectivity index (χ1v) is 22.3. The first kappa shape index (κ1) is 44.9. The molecule has 336 valence electrons. The number of rotatable bonds is 13. The molecule has 8 amide bonds. The van der Waals surface area contributed by atoms with Gasteiger partial charge in [-0.05, 0) is 84.0 Å². The van der Waals surface area contributed by atoms with E-state index in [0.717, 1.165) is 16.8 Å². The average Bonchev–Trinajstić information content (AvgIpc) is 4.08. The van der Waals surface area contributed by atoms with Crippen molar-refractivity contribution in [3.8, 4) is 0 Å². The number of carbonyl (C=O) groups excluding carboxylic acids is 6. The van der Waals surface area contributed by atoms with Crippen LogP contribution in [0.2, 0.25) is 0 Å². The molecule has 0 radical (unpaired) electrons. The second kappa shape index (κ2) is 18.7. The maximum atomic E-state index is 14.0. The summed E-state index contributed by atoms with van der Waals surface area (Å²) < 4.78 is 0. The second-order valence-corrected chi connectivity index (χ2v) is 19.3. The number of hydrogen-bond donors (Lipinski definition) is 4. The van der Waals surface area contributed by atoms with Crippen molar-refractivity contribution in [1.82, 2.24) is 30.2 Å². The fraction of sp³-hybridized carbons (Fsp3) is 0.500. The van der Waals surface area contributed by atoms with Crippen molar-refractivity contribution in [2.45, 2.75) is 104 Å². The summed E-state index contributed by atoms with van der Waals surface area (Å²) >= 11 is 0. The second-order valence-electron chi connectivity index (χ2n) is 19.3. The lowest BCUT2D eigenvalue weighted by molar-refractivity contribution is -0.143. The van der Waals surface area contributed by atoms with E-state index in [1.165, 1.54) is 0 Å². The molecule has 4 atom stereocenters. The van der Waals surface area contributed by atoms with Gasteiger partial charge in [0.1, 0.15) is 24.2 Å². The SMILES string of the molecule is CC(C)(C)[C@@H](C(=O)N1CCC[C@H]1C(=O)Nc1ccc(CN(Cc2ccc(NC(=O)[C@@H]3CCCN3C(=O)[C@@H](N3CCNC3=O)C(C)(C)C)cc2)c2ccccc2)cc1)N1CCNC1=O. The molecule has 4 fully saturated rings. The highest BCUT2D eigenvalue weighted by Crippen LogP contribution is 2.33. The number of likely N-dealkylation sites (tertiary alicyclic amines) is 2. The number of urea groups is 2. The van der Waals surface area contributed by atoms with Crippen molar-refractivity contribution in [2.75, 3.05) is 54.8 Å². The molecule has 4 N–H and O–H groups in total. The summed E-state index contributed by atoms with van der Waals surface area (Å²) in [6.45, 7) is 15.7. The molecule has 15 heteroatoms. The van der Waals surface area contributed by atoms with Gasteiger partial charge in [-0.1, -0.05) is 84.0 Å². The van der Waals surface area contributed by atoms with E-state index < -0.39 is 35.0 Å². The van der Waals surface area contributed by atoms with Crippen LogP contribution in [0.3, 0.4) is 0 Å². The molecule has 3 aromatic rings. The van der Waals surface area contributed by atoms with Crippen LogP contribution in [0.25, 0.3) is 0 Å². The van der Waals surface area contributed by atoms with E-state index >= 15 is 0 Å². The maximum absolute atomic E-state index is 14.0. The van der Waals surface area contributed by atoms with Crippen LogP contribution in [-0.2, 0) is 32.3 Å². The van der Waals surface area contributed by atoms with Gasteiger partial charge < -0.3 is 45.8 Å². The third kappa shape index (κ3) is 10.2. The van der Waals surface area contributed by atoms with E-state index in [1.807, 2.05) is 108 Å². The summed E-state index contributed by atoms with van der Waals surface area (Å²) in [5.74, 6) is -0.877. The molecule has 0 spiro atoms. The average molecular weight is 862 g/mol. The number of anilines is 3. The molecule has 0 saturated carbocycles. The van der Waals surface area contributed by atoms with E-state index in [1.54, 1.807) is 19.6 Å². The zero-order valence-corrected chi connectivity index (χ0v) is 37.5. The van der Waals surface area contributed by atoms with Crippen LogP contribution >= 0.6 is 0 Å². The first-order valence-electron chi connectivity index (χ1n) is 22.3. The van der Waals surface area contributed by atoms with E-state index in [9.17, 15) is 28.8 Å². The largest absolute Gasteiger partial charge is 0.363 e. The predicted molar refractivity (Wildman–Crippen MR) is 243 cm³/mol. The van der Waals surface area contributed by atoms with Gasteiger partial charge >= 0.3 is 12.1 Å². The Morgan fingerprint density at radius 2 is 1.00 bits per heavy atom. The van der Waals surface area contributed by atoms with Crippen LogP contribution < -0.4 is 26.2 Å². The summed E-state index contributed by atoms with van der Waals surface area (Å²) in [6, 6.07) is 22.5. The molecule has 4 aliphatic rings. The van der Waals surface area contributed by atoms with Crippen LogP contribution in [0.5, 0.6) is 0 Å². The number of amides is 8. The lowest BCUT2D eigenvalue weighted by atomic mass is 9.84. The number of nitrogens with zero attached hydrogens (tertiary/aromatic N) is 5. The molecule has 0 aromatic heterocycles. The van der Waals surface area contributed by atoms with Gasteiger partial charge in [0.15, 0.2) is 0 Å². The van der Waals surface area contributed by atoms with E-state index in [-0.39, 0.29) is 35.7 Å².